The Hall–Kier alpha value is -1.76. The fourth-order valence-corrected chi connectivity index (χ4v) is 4.71. The molecule has 0 saturated heterocycles. The van der Waals surface area contributed by atoms with Gasteiger partial charge in [-0.25, -0.2) is 9.97 Å². The van der Waals surface area contributed by atoms with Crippen LogP contribution >= 0.6 is 35.0 Å². The molecule has 0 radical (unpaired) electrons. The van der Waals surface area contributed by atoms with E-state index in [1.54, 1.807) is 18.3 Å². The maximum absolute atomic E-state index is 9.80. The summed E-state index contributed by atoms with van der Waals surface area (Å²) >= 11 is 14.1. The second-order valence-corrected chi connectivity index (χ2v) is 15.4. The highest BCUT2D eigenvalue weighted by Gasteiger charge is 2.21. The molecule has 164 valence electrons. The Morgan fingerprint density at radius 3 is 2.55 bits per heavy atom. The maximum atomic E-state index is 9.80. The van der Waals surface area contributed by atoms with Crippen molar-refractivity contribution in [3.05, 3.63) is 33.9 Å². The first-order valence-electron chi connectivity index (χ1n) is 9.64. The van der Waals surface area contributed by atoms with Crippen LogP contribution in [-0.2, 0) is 11.5 Å². The number of methoxy groups -OCH3 is 1. The molecular weight excluding hydrogens is 471 g/mol. The molecule has 0 N–H and O–H groups in total. The van der Waals surface area contributed by atoms with Gasteiger partial charge in [0.1, 0.15) is 24.2 Å². The van der Waals surface area contributed by atoms with Crippen LogP contribution in [-0.4, -0.2) is 42.6 Å². The van der Waals surface area contributed by atoms with Crippen molar-refractivity contribution in [3.8, 4) is 23.1 Å². The Balaban J connectivity index is 2.13. The molecule has 6 nitrogen and oxygen atoms in total. The third-order valence-corrected chi connectivity index (χ3v) is 7.58. The molecule has 0 aliphatic heterocycles. The summed E-state index contributed by atoms with van der Waals surface area (Å²) in [5.74, 6) is 0.478. The molecule has 3 rings (SSSR count). The lowest BCUT2D eigenvalue weighted by atomic mass is 10.1. The van der Waals surface area contributed by atoms with Crippen molar-refractivity contribution in [2.75, 3.05) is 20.0 Å². The van der Waals surface area contributed by atoms with Gasteiger partial charge in [-0.1, -0.05) is 54.6 Å². The SMILES string of the molecule is COc1cc(-c2nc(SC)nc3c2c(C#N)cn3COCC[Si](C)(C)C)c(Cl)cc1Cl. The Bertz CT molecular complexity index is 1160. The first-order chi connectivity index (χ1) is 14.7. The Labute approximate surface area is 197 Å². The zero-order valence-corrected chi connectivity index (χ0v) is 21.5. The highest BCUT2D eigenvalue weighted by molar-refractivity contribution is 7.98. The van der Waals surface area contributed by atoms with Gasteiger partial charge in [0.25, 0.3) is 0 Å². The highest BCUT2D eigenvalue weighted by atomic mass is 35.5. The highest BCUT2D eigenvalue weighted by Crippen LogP contribution is 2.40. The van der Waals surface area contributed by atoms with Crippen LogP contribution in [0.15, 0.2) is 23.5 Å². The molecule has 2 heterocycles. The minimum Gasteiger partial charge on any atom is -0.495 e. The summed E-state index contributed by atoms with van der Waals surface area (Å²) < 4.78 is 13.1. The summed E-state index contributed by atoms with van der Waals surface area (Å²) in [6, 6.07) is 6.67. The van der Waals surface area contributed by atoms with Crippen LogP contribution in [0.2, 0.25) is 35.7 Å². The van der Waals surface area contributed by atoms with Gasteiger partial charge in [0.15, 0.2) is 5.16 Å². The van der Waals surface area contributed by atoms with Crippen molar-refractivity contribution in [3.63, 3.8) is 0 Å². The molecular formula is C21H24Cl2N4O2SSi. The van der Waals surface area contributed by atoms with Crippen LogP contribution in [0.4, 0.5) is 0 Å². The van der Waals surface area contributed by atoms with Gasteiger partial charge in [-0.3, -0.25) is 0 Å². The van der Waals surface area contributed by atoms with Crippen molar-refractivity contribution < 1.29 is 9.47 Å². The van der Waals surface area contributed by atoms with E-state index in [1.165, 1.54) is 18.9 Å². The lowest BCUT2D eigenvalue weighted by molar-refractivity contribution is 0.0898. The Morgan fingerprint density at radius 1 is 1.19 bits per heavy atom. The van der Waals surface area contributed by atoms with Crippen molar-refractivity contribution in [1.29, 1.82) is 5.26 Å². The van der Waals surface area contributed by atoms with Gasteiger partial charge in [0.2, 0.25) is 0 Å². The van der Waals surface area contributed by atoms with Crippen molar-refractivity contribution in [2.45, 2.75) is 37.6 Å². The van der Waals surface area contributed by atoms with Crippen LogP contribution in [0.3, 0.4) is 0 Å². The molecule has 0 aliphatic rings. The van der Waals surface area contributed by atoms with Crippen LogP contribution in [0.5, 0.6) is 5.75 Å². The van der Waals surface area contributed by atoms with E-state index in [0.29, 0.717) is 62.1 Å². The van der Waals surface area contributed by atoms with E-state index in [-0.39, 0.29) is 0 Å². The lowest BCUT2D eigenvalue weighted by Gasteiger charge is -2.16. The van der Waals surface area contributed by atoms with Gasteiger partial charge >= 0.3 is 0 Å². The zero-order chi connectivity index (χ0) is 22.8. The van der Waals surface area contributed by atoms with Crippen LogP contribution in [0.25, 0.3) is 22.3 Å². The molecule has 0 spiro atoms. The smallest absolute Gasteiger partial charge is 0.189 e. The number of nitrogens with zero attached hydrogens (tertiary/aromatic N) is 4. The number of ether oxygens (including phenoxy) is 2. The van der Waals surface area contributed by atoms with E-state index < -0.39 is 8.07 Å². The van der Waals surface area contributed by atoms with E-state index >= 15 is 0 Å². The number of benzene rings is 1. The lowest BCUT2D eigenvalue weighted by Crippen LogP contribution is -2.22. The molecule has 0 amide bonds. The van der Waals surface area contributed by atoms with Gasteiger partial charge < -0.3 is 14.0 Å². The molecule has 31 heavy (non-hydrogen) atoms. The summed E-state index contributed by atoms with van der Waals surface area (Å²) in [5.41, 5.74) is 2.27. The van der Waals surface area contributed by atoms with E-state index in [2.05, 4.69) is 35.7 Å². The molecule has 0 atom stereocenters. The molecule has 0 saturated carbocycles. The number of aromatic nitrogens is 3. The largest absolute Gasteiger partial charge is 0.495 e. The van der Waals surface area contributed by atoms with E-state index in [9.17, 15) is 5.26 Å². The molecule has 3 aromatic rings. The topological polar surface area (TPSA) is 73.0 Å². The van der Waals surface area contributed by atoms with Crippen LogP contribution in [0, 0.1) is 11.3 Å². The molecule has 0 fully saturated rings. The number of thioether (sulfide) groups is 1. The quantitative estimate of drug-likeness (QED) is 0.158. The minimum atomic E-state index is -1.19. The average molecular weight is 496 g/mol. The normalized spacial score (nSPS) is 11.7. The van der Waals surface area contributed by atoms with E-state index in [1.807, 2.05) is 10.8 Å². The van der Waals surface area contributed by atoms with E-state index in [0.717, 1.165) is 6.04 Å². The Kier molecular flexibility index (Phi) is 7.55. The van der Waals surface area contributed by atoms with Gasteiger partial charge in [-0.2, -0.15) is 5.26 Å². The number of hydrogen-bond donors (Lipinski definition) is 0. The van der Waals surface area contributed by atoms with E-state index in [4.69, 9.17) is 32.7 Å². The summed E-state index contributed by atoms with van der Waals surface area (Å²) in [7, 11) is 0.347. The second kappa shape index (κ2) is 9.80. The summed E-state index contributed by atoms with van der Waals surface area (Å²) in [4.78, 5) is 9.33. The average Bonchev–Trinajstić information content (AvgIpc) is 3.08. The third-order valence-electron chi connectivity index (χ3n) is 4.72. The fourth-order valence-electron chi connectivity index (χ4n) is 3.04. The number of hydrogen-bond acceptors (Lipinski definition) is 6. The third kappa shape index (κ3) is 5.36. The fraction of sp³-hybridized carbons (Fsp3) is 0.381. The second-order valence-electron chi connectivity index (χ2n) is 8.20. The molecule has 2 aromatic heterocycles. The maximum Gasteiger partial charge on any atom is 0.189 e. The van der Waals surface area contributed by atoms with Gasteiger partial charge in [0, 0.05) is 26.4 Å². The number of rotatable bonds is 8. The first-order valence-corrected chi connectivity index (χ1v) is 15.3. The molecule has 0 aliphatic carbocycles. The van der Waals surface area contributed by atoms with Crippen LogP contribution in [0.1, 0.15) is 5.56 Å². The number of fused-ring (bicyclic) bond motifs is 1. The summed E-state index contributed by atoms with van der Waals surface area (Å²) in [6.07, 6.45) is 3.65. The summed E-state index contributed by atoms with van der Waals surface area (Å²) in [5, 5.41) is 11.8. The minimum absolute atomic E-state index is 0.310. The van der Waals surface area contributed by atoms with Crippen LogP contribution < -0.4 is 4.74 Å². The predicted molar refractivity (Wildman–Crippen MR) is 130 cm³/mol. The number of halogens is 2. The standard InChI is InChI=1S/C21H24Cl2N4O2SSi/c1-28-17-8-14(15(22)9-16(17)23)19-18-13(10-24)11-27(12-29-6-7-31(3,4)5)20(18)26-21(25-19)30-2/h8-9,11H,6-7,12H2,1-5H3. The van der Waals surface area contributed by atoms with Gasteiger partial charge in [0.05, 0.1) is 33.8 Å². The first kappa shape index (κ1) is 23.9. The Morgan fingerprint density at radius 2 is 1.94 bits per heavy atom. The molecule has 1 aromatic carbocycles. The molecule has 10 heteroatoms. The monoisotopic (exact) mass is 494 g/mol. The predicted octanol–water partition coefficient (Wildman–Crippen LogP) is 6.32. The van der Waals surface area contributed by atoms with Crippen molar-refractivity contribution >= 4 is 54.1 Å². The number of nitriles is 1. The molecule has 0 unspecified atom stereocenters. The van der Waals surface area contributed by atoms with Gasteiger partial charge in [-0.15, -0.1) is 0 Å². The van der Waals surface area contributed by atoms with Crippen molar-refractivity contribution in [1.82, 2.24) is 14.5 Å². The van der Waals surface area contributed by atoms with Gasteiger partial charge in [-0.05, 0) is 24.4 Å². The zero-order valence-electron chi connectivity index (χ0n) is 18.1. The summed E-state index contributed by atoms with van der Waals surface area (Å²) in [6.45, 7) is 7.91. The molecule has 0 bridgehead atoms. The van der Waals surface area contributed by atoms with Crippen molar-refractivity contribution in [2.24, 2.45) is 0 Å².